The van der Waals surface area contributed by atoms with Crippen LogP contribution in [0.15, 0.2) is 24.3 Å². The minimum absolute atomic E-state index is 0.0787. The van der Waals surface area contributed by atoms with Crippen LogP contribution in [0.5, 0.6) is 0 Å². The summed E-state index contributed by atoms with van der Waals surface area (Å²) in [4.78, 5) is 0. The lowest BCUT2D eigenvalue weighted by Gasteiger charge is -2.29. The van der Waals surface area contributed by atoms with Gasteiger partial charge in [0.1, 0.15) is 5.44 Å². The monoisotopic (exact) mass is 195 g/mol. The Bertz CT molecular complexity index is 303. The summed E-state index contributed by atoms with van der Waals surface area (Å²) in [5.74, 6) is 0.912. The third-order valence-electron chi connectivity index (χ3n) is 2.40. The minimum Gasteiger partial charge on any atom is -0.380 e. The number of aliphatic hydroxyl groups is 1. The Balaban J connectivity index is 2.39. The second-order valence-electron chi connectivity index (χ2n) is 3.17. The van der Waals surface area contributed by atoms with Crippen LogP contribution >= 0.6 is 11.8 Å². The predicted octanol–water partition coefficient (Wildman–Crippen LogP) is 1.51. The Kier molecular flexibility index (Phi) is 2.58. The third-order valence-corrected chi connectivity index (χ3v) is 3.49. The molecule has 2 N–H and O–H groups in total. The fourth-order valence-electron chi connectivity index (χ4n) is 1.69. The van der Waals surface area contributed by atoms with Crippen molar-refractivity contribution in [2.45, 2.75) is 17.2 Å². The van der Waals surface area contributed by atoms with Gasteiger partial charge in [-0.2, -0.15) is 0 Å². The molecule has 1 aliphatic rings. The topological polar surface area (TPSA) is 32.3 Å². The van der Waals surface area contributed by atoms with Crippen LogP contribution in [0, 0.1) is 0 Å². The molecule has 2 nitrogen and oxygen atoms in total. The van der Waals surface area contributed by atoms with E-state index in [-0.39, 0.29) is 11.5 Å². The zero-order chi connectivity index (χ0) is 9.26. The largest absolute Gasteiger partial charge is 0.380 e. The maximum Gasteiger partial charge on any atom is 0.119 e. The molecule has 0 spiro atoms. The van der Waals surface area contributed by atoms with Crippen molar-refractivity contribution >= 4 is 11.8 Å². The molecule has 3 heteroatoms. The average Bonchev–Trinajstić information content (AvgIpc) is 2.18. The van der Waals surface area contributed by atoms with Gasteiger partial charge in [0.2, 0.25) is 0 Å². The first-order valence-corrected chi connectivity index (χ1v) is 5.42. The van der Waals surface area contributed by atoms with Crippen molar-refractivity contribution < 1.29 is 5.11 Å². The Morgan fingerprint density at radius 3 is 3.00 bits per heavy atom. The van der Waals surface area contributed by atoms with Crippen molar-refractivity contribution in [3.63, 3.8) is 0 Å². The van der Waals surface area contributed by atoms with Gasteiger partial charge in [0.05, 0.1) is 6.04 Å². The molecule has 0 fully saturated rings. The van der Waals surface area contributed by atoms with Crippen LogP contribution in [0.25, 0.3) is 0 Å². The van der Waals surface area contributed by atoms with Gasteiger partial charge in [0.25, 0.3) is 0 Å². The van der Waals surface area contributed by atoms with Gasteiger partial charge in [0, 0.05) is 5.75 Å². The van der Waals surface area contributed by atoms with E-state index in [2.05, 4.69) is 17.4 Å². The van der Waals surface area contributed by atoms with Crippen LogP contribution in [-0.4, -0.2) is 17.6 Å². The first-order valence-electron chi connectivity index (χ1n) is 4.37. The number of hydrogen-bond donors (Lipinski definition) is 2. The normalized spacial score (nSPS) is 26.9. The van der Waals surface area contributed by atoms with Crippen molar-refractivity contribution in [1.29, 1.82) is 0 Å². The molecule has 0 saturated heterocycles. The molecular weight excluding hydrogens is 182 g/mol. The molecule has 0 aliphatic carbocycles. The fourth-order valence-corrected chi connectivity index (χ4v) is 2.78. The SMILES string of the molecule is CN[C@H]1c2ccccc2CS[C@H]1O. The Hall–Kier alpha value is -0.510. The standard InChI is InChI=1S/C10H13NOS/c1-11-9-8-5-3-2-4-7(8)6-13-10(9)12/h2-5,9-12H,6H2,1H3/t9-,10+/m0/s1. The molecule has 1 aliphatic heterocycles. The number of rotatable bonds is 1. The van der Waals surface area contributed by atoms with E-state index in [0.29, 0.717) is 0 Å². The number of thioether (sulfide) groups is 1. The van der Waals surface area contributed by atoms with E-state index in [1.165, 1.54) is 11.1 Å². The van der Waals surface area contributed by atoms with Crippen molar-refractivity contribution in [2.75, 3.05) is 7.05 Å². The lowest BCUT2D eigenvalue weighted by atomic mass is 10.0. The molecule has 0 saturated carbocycles. The van der Waals surface area contributed by atoms with E-state index in [9.17, 15) is 5.11 Å². The summed E-state index contributed by atoms with van der Waals surface area (Å²) in [6.45, 7) is 0. The Labute approximate surface area is 82.4 Å². The van der Waals surface area contributed by atoms with Gasteiger partial charge in [0.15, 0.2) is 0 Å². The van der Waals surface area contributed by atoms with Gasteiger partial charge in [-0.05, 0) is 18.2 Å². The lowest BCUT2D eigenvalue weighted by molar-refractivity contribution is 0.213. The predicted molar refractivity (Wildman–Crippen MR) is 55.5 cm³/mol. The van der Waals surface area contributed by atoms with Gasteiger partial charge in [-0.3, -0.25) is 0 Å². The zero-order valence-electron chi connectivity index (χ0n) is 7.53. The third kappa shape index (κ3) is 1.59. The van der Waals surface area contributed by atoms with Crippen molar-refractivity contribution in [2.24, 2.45) is 0 Å². The fraction of sp³-hybridized carbons (Fsp3) is 0.400. The van der Waals surface area contributed by atoms with E-state index in [1.54, 1.807) is 11.8 Å². The van der Waals surface area contributed by atoms with Gasteiger partial charge < -0.3 is 10.4 Å². The van der Waals surface area contributed by atoms with Crippen LogP contribution in [0.3, 0.4) is 0 Å². The van der Waals surface area contributed by atoms with Gasteiger partial charge in [-0.1, -0.05) is 24.3 Å². The van der Waals surface area contributed by atoms with E-state index < -0.39 is 0 Å². The van der Waals surface area contributed by atoms with Crippen LogP contribution in [0.2, 0.25) is 0 Å². The first-order chi connectivity index (χ1) is 6.33. The van der Waals surface area contributed by atoms with E-state index in [0.717, 1.165) is 5.75 Å². The molecule has 0 amide bonds. The highest BCUT2D eigenvalue weighted by Crippen LogP contribution is 2.35. The quantitative estimate of drug-likeness (QED) is 0.712. The summed E-state index contributed by atoms with van der Waals surface area (Å²) < 4.78 is 0. The van der Waals surface area contributed by atoms with Crippen LogP contribution in [0.1, 0.15) is 17.2 Å². The van der Waals surface area contributed by atoms with E-state index in [1.807, 2.05) is 19.2 Å². The summed E-state index contributed by atoms with van der Waals surface area (Å²) >= 11 is 1.59. The highest BCUT2D eigenvalue weighted by molar-refractivity contribution is 7.99. The van der Waals surface area contributed by atoms with Crippen molar-refractivity contribution in [3.05, 3.63) is 35.4 Å². The highest BCUT2D eigenvalue weighted by atomic mass is 32.2. The van der Waals surface area contributed by atoms with Crippen LogP contribution in [0.4, 0.5) is 0 Å². The molecule has 0 unspecified atom stereocenters. The number of nitrogens with one attached hydrogen (secondary N) is 1. The van der Waals surface area contributed by atoms with E-state index in [4.69, 9.17) is 0 Å². The van der Waals surface area contributed by atoms with Gasteiger partial charge in [-0.25, -0.2) is 0 Å². The molecule has 0 aromatic heterocycles. The molecule has 0 bridgehead atoms. The Morgan fingerprint density at radius 2 is 2.23 bits per heavy atom. The summed E-state index contributed by atoms with van der Waals surface area (Å²) in [6, 6.07) is 8.35. The van der Waals surface area contributed by atoms with Crippen molar-refractivity contribution in [3.8, 4) is 0 Å². The van der Waals surface area contributed by atoms with E-state index >= 15 is 0 Å². The second-order valence-corrected chi connectivity index (χ2v) is 4.27. The molecule has 13 heavy (non-hydrogen) atoms. The van der Waals surface area contributed by atoms with Gasteiger partial charge in [-0.15, -0.1) is 11.8 Å². The molecule has 1 heterocycles. The summed E-state index contributed by atoms with van der Waals surface area (Å²) in [6.07, 6.45) is 0. The second kappa shape index (κ2) is 3.70. The highest BCUT2D eigenvalue weighted by Gasteiger charge is 2.26. The number of aliphatic hydroxyl groups excluding tert-OH is 1. The summed E-state index contributed by atoms with van der Waals surface area (Å²) in [5, 5.41) is 12.9. The molecule has 2 rings (SSSR count). The lowest BCUT2D eigenvalue weighted by Crippen LogP contribution is -2.30. The first kappa shape index (κ1) is 9.06. The zero-order valence-corrected chi connectivity index (χ0v) is 8.34. The van der Waals surface area contributed by atoms with Gasteiger partial charge >= 0.3 is 0 Å². The smallest absolute Gasteiger partial charge is 0.119 e. The average molecular weight is 195 g/mol. The van der Waals surface area contributed by atoms with Crippen molar-refractivity contribution in [1.82, 2.24) is 5.32 Å². The number of hydrogen-bond acceptors (Lipinski definition) is 3. The molecule has 0 radical (unpaired) electrons. The van der Waals surface area contributed by atoms with Crippen LogP contribution in [-0.2, 0) is 5.75 Å². The Morgan fingerprint density at radius 1 is 1.46 bits per heavy atom. The summed E-state index contributed by atoms with van der Waals surface area (Å²) in [7, 11) is 1.89. The molecule has 70 valence electrons. The summed E-state index contributed by atoms with van der Waals surface area (Å²) in [5.41, 5.74) is 2.24. The molecular formula is C10H13NOS. The number of benzene rings is 1. The number of fused-ring (bicyclic) bond motifs is 1. The molecule has 1 aromatic carbocycles. The number of likely N-dealkylation sites (N-methyl/N-ethyl adjacent to an activating group) is 1. The van der Waals surface area contributed by atoms with Crippen LogP contribution < -0.4 is 5.32 Å². The maximum atomic E-state index is 9.72. The molecule has 2 atom stereocenters. The maximum absolute atomic E-state index is 9.72. The molecule has 1 aromatic rings. The minimum atomic E-state index is -0.320.